The molecule has 28 heavy (non-hydrogen) atoms. The van der Waals surface area contributed by atoms with Gasteiger partial charge < -0.3 is 4.74 Å². The Kier molecular flexibility index (Phi) is 6.70. The normalized spacial score (nSPS) is 10.8. The number of ether oxygens (including phenoxy) is 1. The average Bonchev–Trinajstić information content (AvgIpc) is 2.70. The Morgan fingerprint density at radius 1 is 1.07 bits per heavy atom. The Labute approximate surface area is 163 Å². The highest BCUT2D eigenvalue weighted by Crippen LogP contribution is 2.28. The van der Waals surface area contributed by atoms with Gasteiger partial charge in [-0.2, -0.15) is 0 Å². The van der Waals surface area contributed by atoms with Gasteiger partial charge in [0.2, 0.25) is 0 Å². The van der Waals surface area contributed by atoms with Crippen molar-refractivity contribution in [3.63, 3.8) is 0 Å². The van der Waals surface area contributed by atoms with Crippen molar-refractivity contribution in [2.75, 3.05) is 6.61 Å². The van der Waals surface area contributed by atoms with E-state index < -0.39 is 16.7 Å². The zero-order valence-electron chi connectivity index (χ0n) is 16.0. The summed E-state index contributed by atoms with van der Waals surface area (Å²) < 4.78 is 5.40. The average molecular weight is 385 g/mol. The van der Waals surface area contributed by atoms with Crippen molar-refractivity contribution in [2.24, 2.45) is 0 Å². The first kappa shape index (κ1) is 20.9. The summed E-state index contributed by atoms with van der Waals surface area (Å²) in [7, 11) is 0. The molecule has 0 aliphatic carbocycles. The number of hydrogen-bond donors (Lipinski definition) is 2. The van der Waals surface area contributed by atoms with Gasteiger partial charge in [0.25, 0.3) is 17.5 Å². The van der Waals surface area contributed by atoms with E-state index in [1.807, 2.05) is 12.1 Å². The van der Waals surface area contributed by atoms with Crippen molar-refractivity contribution >= 4 is 17.5 Å². The SMILES string of the molecule is CCC(C)(C)c1ccc(OCC(=O)NNC(=O)c2ccccc2[N+](=O)[O-])cc1. The Morgan fingerprint density at radius 2 is 1.71 bits per heavy atom. The predicted molar refractivity (Wildman–Crippen MR) is 104 cm³/mol. The largest absolute Gasteiger partial charge is 0.484 e. The molecule has 8 heteroatoms. The lowest BCUT2D eigenvalue weighted by Crippen LogP contribution is -2.44. The van der Waals surface area contributed by atoms with Gasteiger partial charge in [-0.3, -0.25) is 30.6 Å². The molecule has 2 N–H and O–H groups in total. The second-order valence-corrected chi connectivity index (χ2v) is 6.83. The van der Waals surface area contributed by atoms with E-state index in [4.69, 9.17) is 4.74 Å². The third kappa shape index (κ3) is 5.29. The molecule has 0 aromatic heterocycles. The fourth-order valence-corrected chi connectivity index (χ4v) is 2.41. The fourth-order valence-electron chi connectivity index (χ4n) is 2.41. The number of carbonyl (C=O) groups excluding carboxylic acids is 2. The molecule has 2 aromatic rings. The summed E-state index contributed by atoms with van der Waals surface area (Å²) in [5.74, 6) is -0.854. The number of amides is 2. The second kappa shape index (κ2) is 8.98. The Morgan fingerprint density at radius 3 is 2.32 bits per heavy atom. The van der Waals surface area contributed by atoms with Crippen LogP contribution in [0.5, 0.6) is 5.75 Å². The lowest BCUT2D eigenvalue weighted by atomic mass is 9.82. The van der Waals surface area contributed by atoms with E-state index in [0.29, 0.717) is 5.75 Å². The minimum Gasteiger partial charge on any atom is -0.484 e. The van der Waals surface area contributed by atoms with Crippen LogP contribution >= 0.6 is 0 Å². The van der Waals surface area contributed by atoms with Crippen molar-refractivity contribution in [3.8, 4) is 5.75 Å². The van der Waals surface area contributed by atoms with Crippen LogP contribution in [-0.2, 0) is 10.2 Å². The van der Waals surface area contributed by atoms with Gasteiger partial charge in [0, 0.05) is 6.07 Å². The molecular formula is C20H23N3O5. The van der Waals surface area contributed by atoms with Gasteiger partial charge in [0.15, 0.2) is 6.61 Å². The van der Waals surface area contributed by atoms with E-state index in [9.17, 15) is 19.7 Å². The van der Waals surface area contributed by atoms with Gasteiger partial charge in [-0.15, -0.1) is 0 Å². The first-order chi connectivity index (χ1) is 13.2. The molecule has 0 unspecified atom stereocenters. The van der Waals surface area contributed by atoms with Crippen LogP contribution in [0.15, 0.2) is 48.5 Å². The Balaban J connectivity index is 1.86. The molecule has 0 atom stereocenters. The number of para-hydroxylation sites is 1. The smallest absolute Gasteiger partial charge is 0.282 e. The van der Waals surface area contributed by atoms with Crippen LogP contribution in [0, 0.1) is 10.1 Å². The van der Waals surface area contributed by atoms with Crippen LogP contribution < -0.4 is 15.6 Å². The molecule has 0 bridgehead atoms. The highest BCUT2D eigenvalue weighted by molar-refractivity contribution is 5.99. The summed E-state index contributed by atoms with van der Waals surface area (Å²) in [5.41, 5.74) is 5.05. The molecule has 0 radical (unpaired) electrons. The maximum absolute atomic E-state index is 12.0. The number of carbonyl (C=O) groups is 2. The van der Waals surface area contributed by atoms with Crippen molar-refractivity contribution in [3.05, 3.63) is 69.8 Å². The minimum absolute atomic E-state index is 0.0558. The van der Waals surface area contributed by atoms with Crippen LogP contribution in [0.2, 0.25) is 0 Å². The molecule has 8 nitrogen and oxygen atoms in total. The van der Waals surface area contributed by atoms with E-state index in [0.717, 1.165) is 6.42 Å². The summed E-state index contributed by atoms with van der Waals surface area (Å²) in [6.07, 6.45) is 0.995. The zero-order chi connectivity index (χ0) is 20.7. The van der Waals surface area contributed by atoms with E-state index in [-0.39, 0.29) is 23.3 Å². The van der Waals surface area contributed by atoms with E-state index >= 15 is 0 Å². The van der Waals surface area contributed by atoms with Gasteiger partial charge in [0.05, 0.1) is 4.92 Å². The third-order valence-electron chi connectivity index (χ3n) is 4.55. The Hall–Kier alpha value is -3.42. The summed E-state index contributed by atoms with van der Waals surface area (Å²) in [5, 5.41) is 10.9. The lowest BCUT2D eigenvalue weighted by molar-refractivity contribution is -0.385. The summed E-state index contributed by atoms with van der Waals surface area (Å²) in [6, 6.07) is 12.9. The molecular weight excluding hydrogens is 362 g/mol. The van der Waals surface area contributed by atoms with Crippen LogP contribution in [0.25, 0.3) is 0 Å². The maximum Gasteiger partial charge on any atom is 0.282 e. The van der Waals surface area contributed by atoms with Crippen LogP contribution in [0.3, 0.4) is 0 Å². The summed E-state index contributed by atoms with van der Waals surface area (Å²) >= 11 is 0. The lowest BCUT2D eigenvalue weighted by Gasteiger charge is -2.23. The number of nitrogens with one attached hydrogen (secondary N) is 2. The van der Waals surface area contributed by atoms with E-state index in [2.05, 4.69) is 31.6 Å². The highest BCUT2D eigenvalue weighted by atomic mass is 16.6. The first-order valence-electron chi connectivity index (χ1n) is 8.80. The number of nitro groups is 1. The first-order valence-corrected chi connectivity index (χ1v) is 8.80. The fraction of sp³-hybridized carbons (Fsp3) is 0.300. The van der Waals surface area contributed by atoms with Gasteiger partial charge in [0.1, 0.15) is 11.3 Å². The van der Waals surface area contributed by atoms with Gasteiger partial charge in [-0.05, 0) is 35.6 Å². The van der Waals surface area contributed by atoms with Crippen molar-refractivity contribution < 1.29 is 19.2 Å². The van der Waals surface area contributed by atoms with Gasteiger partial charge in [-0.25, -0.2) is 0 Å². The zero-order valence-corrected chi connectivity index (χ0v) is 16.0. The van der Waals surface area contributed by atoms with Crippen molar-refractivity contribution in [1.82, 2.24) is 10.9 Å². The maximum atomic E-state index is 12.0. The molecule has 0 spiro atoms. The highest BCUT2D eigenvalue weighted by Gasteiger charge is 2.20. The minimum atomic E-state index is -0.785. The third-order valence-corrected chi connectivity index (χ3v) is 4.55. The summed E-state index contributed by atoms with van der Waals surface area (Å²) in [4.78, 5) is 34.2. The number of hydrogen-bond acceptors (Lipinski definition) is 5. The van der Waals surface area contributed by atoms with E-state index in [1.54, 1.807) is 12.1 Å². The Bertz CT molecular complexity index is 862. The number of rotatable bonds is 7. The standard InChI is InChI=1S/C20H23N3O5/c1-4-20(2,3)14-9-11-15(12-10-14)28-13-18(24)21-22-19(25)16-7-5-6-8-17(16)23(26)27/h5-12H,4,13H2,1-3H3,(H,21,24)(H,22,25). The molecule has 0 aliphatic rings. The van der Waals surface area contributed by atoms with Gasteiger partial charge in [-0.1, -0.05) is 45.0 Å². The molecule has 0 saturated heterocycles. The quantitative estimate of drug-likeness (QED) is 0.562. The molecule has 2 aromatic carbocycles. The van der Waals surface area contributed by atoms with Crippen LogP contribution in [0.1, 0.15) is 43.1 Å². The van der Waals surface area contributed by atoms with Crippen molar-refractivity contribution in [1.29, 1.82) is 0 Å². The number of nitrogens with zero attached hydrogens (tertiary/aromatic N) is 1. The van der Waals surface area contributed by atoms with E-state index in [1.165, 1.54) is 29.8 Å². The molecule has 148 valence electrons. The van der Waals surface area contributed by atoms with Crippen LogP contribution in [-0.4, -0.2) is 23.3 Å². The molecule has 0 fully saturated rings. The topological polar surface area (TPSA) is 111 Å². The predicted octanol–water partition coefficient (Wildman–Crippen LogP) is 3.12. The van der Waals surface area contributed by atoms with Crippen molar-refractivity contribution in [2.45, 2.75) is 32.6 Å². The number of hydrazine groups is 1. The van der Waals surface area contributed by atoms with Gasteiger partial charge >= 0.3 is 0 Å². The second-order valence-electron chi connectivity index (χ2n) is 6.83. The number of nitro benzene ring substituents is 1. The molecule has 0 heterocycles. The number of benzene rings is 2. The molecule has 2 amide bonds. The monoisotopic (exact) mass is 385 g/mol. The summed E-state index contributed by atoms with van der Waals surface area (Å²) in [6.45, 7) is 6.10. The molecule has 0 saturated carbocycles. The molecule has 2 rings (SSSR count). The van der Waals surface area contributed by atoms with Crippen LogP contribution in [0.4, 0.5) is 5.69 Å². The molecule has 0 aliphatic heterocycles.